The van der Waals surface area contributed by atoms with Gasteiger partial charge in [0.05, 0.1) is 6.10 Å². The first-order valence-corrected chi connectivity index (χ1v) is 10.6. The predicted molar refractivity (Wildman–Crippen MR) is 117 cm³/mol. The third kappa shape index (κ3) is 4.61. The normalized spacial score (nSPS) is 21.9. The van der Waals surface area contributed by atoms with Crippen molar-refractivity contribution in [1.29, 1.82) is 0 Å². The summed E-state index contributed by atoms with van der Waals surface area (Å²) in [6.45, 7) is 14.5. The molecule has 0 amide bonds. The van der Waals surface area contributed by atoms with Crippen molar-refractivity contribution in [3.8, 4) is 0 Å². The van der Waals surface area contributed by atoms with Crippen LogP contribution >= 0.6 is 0 Å². The van der Waals surface area contributed by atoms with E-state index < -0.39 is 5.60 Å². The number of aryl methyl sites for hydroxylation is 1. The minimum atomic E-state index is -0.586. The van der Waals surface area contributed by atoms with Gasteiger partial charge in [-0.1, -0.05) is 71.4 Å². The van der Waals surface area contributed by atoms with Gasteiger partial charge in [-0.3, -0.25) is 9.59 Å². The Morgan fingerprint density at radius 3 is 2.00 bits per heavy atom. The third-order valence-corrected chi connectivity index (χ3v) is 5.91. The molecule has 3 heteroatoms. The molecule has 1 aliphatic heterocycles. The minimum Gasteiger partial charge on any atom is -0.363 e. The topological polar surface area (TPSA) is 43.4 Å². The second kappa shape index (κ2) is 7.36. The van der Waals surface area contributed by atoms with Crippen molar-refractivity contribution >= 4 is 11.6 Å². The largest absolute Gasteiger partial charge is 0.363 e. The van der Waals surface area contributed by atoms with Gasteiger partial charge in [0, 0.05) is 23.1 Å². The highest BCUT2D eigenvalue weighted by atomic mass is 16.5. The average Bonchev–Trinajstić information content (AvgIpc) is 2.98. The molecule has 0 unspecified atom stereocenters. The van der Waals surface area contributed by atoms with E-state index in [0.29, 0.717) is 6.42 Å². The molecule has 0 saturated carbocycles. The quantitative estimate of drug-likeness (QED) is 0.589. The molecule has 156 valence electrons. The Morgan fingerprint density at radius 2 is 1.52 bits per heavy atom. The van der Waals surface area contributed by atoms with Crippen molar-refractivity contribution in [2.75, 3.05) is 0 Å². The lowest BCUT2D eigenvalue weighted by Gasteiger charge is -2.37. The first-order valence-electron chi connectivity index (χ1n) is 10.6. The Kier molecular flexibility index (Phi) is 5.51. The second-order valence-corrected chi connectivity index (χ2v) is 10.7. The maximum atomic E-state index is 13.2. The summed E-state index contributed by atoms with van der Waals surface area (Å²) in [7, 11) is 0. The summed E-state index contributed by atoms with van der Waals surface area (Å²) in [6, 6.07) is 7.70. The summed E-state index contributed by atoms with van der Waals surface area (Å²) in [5.74, 6) is 0.234. The average molecular weight is 395 g/mol. The van der Waals surface area contributed by atoms with Crippen LogP contribution in [0.3, 0.4) is 0 Å². The molecule has 29 heavy (non-hydrogen) atoms. The first-order chi connectivity index (χ1) is 13.3. The Labute approximate surface area is 175 Å². The SMILES string of the molecule is Cc1ccc(C(=O)C[C@@H]2CCC3(C=C(C(C)(C)C)C(=O)C(C(C)(C)C)=C3)O2)cc1. The molecular formula is C26H34O3. The van der Waals surface area contributed by atoms with Gasteiger partial charge in [0.2, 0.25) is 0 Å². The Hall–Kier alpha value is -2.00. The molecule has 1 atom stereocenters. The zero-order valence-electron chi connectivity index (χ0n) is 18.9. The van der Waals surface area contributed by atoms with E-state index in [1.54, 1.807) is 0 Å². The van der Waals surface area contributed by atoms with Crippen LogP contribution in [0.15, 0.2) is 47.6 Å². The number of carbonyl (C=O) groups is 2. The fourth-order valence-corrected chi connectivity index (χ4v) is 4.16. The summed E-state index contributed by atoms with van der Waals surface area (Å²) in [4.78, 5) is 25.9. The summed E-state index contributed by atoms with van der Waals surface area (Å²) >= 11 is 0. The molecule has 3 nitrogen and oxygen atoms in total. The number of rotatable bonds is 3. The molecule has 1 saturated heterocycles. The highest BCUT2D eigenvalue weighted by Gasteiger charge is 2.45. The van der Waals surface area contributed by atoms with Crippen LogP contribution in [-0.4, -0.2) is 23.3 Å². The summed E-state index contributed by atoms with van der Waals surface area (Å²) in [5, 5.41) is 0. The molecule has 2 aliphatic rings. The van der Waals surface area contributed by atoms with E-state index in [4.69, 9.17) is 4.74 Å². The van der Waals surface area contributed by atoms with Crippen LogP contribution in [0.25, 0.3) is 0 Å². The molecule has 0 radical (unpaired) electrons. The smallest absolute Gasteiger partial charge is 0.185 e. The minimum absolute atomic E-state index is 0.110. The van der Waals surface area contributed by atoms with Crippen LogP contribution < -0.4 is 0 Å². The van der Waals surface area contributed by atoms with E-state index in [1.807, 2.05) is 43.3 Å². The molecule has 3 rings (SSSR count). The first kappa shape index (κ1) is 21.7. The molecular weight excluding hydrogens is 360 g/mol. The van der Waals surface area contributed by atoms with Gasteiger partial charge in [-0.15, -0.1) is 0 Å². The molecule has 0 aromatic heterocycles. The molecule has 1 fully saturated rings. The third-order valence-electron chi connectivity index (χ3n) is 5.91. The van der Waals surface area contributed by atoms with E-state index in [9.17, 15) is 9.59 Å². The van der Waals surface area contributed by atoms with Gasteiger partial charge < -0.3 is 4.74 Å². The fourth-order valence-electron chi connectivity index (χ4n) is 4.16. The van der Waals surface area contributed by atoms with Gasteiger partial charge in [0.25, 0.3) is 0 Å². The number of benzene rings is 1. The van der Waals surface area contributed by atoms with Crippen LogP contribution in [0.1, 0.15) is 76.7 Å². The second-order valence-electron chi connectivity index (χ2n) is 10.7. The highest BCUT2D eigenvalue weighted by Crippen LogP contribution is 2.46. The van der Waals surface area contributed by atoms with Crippen LogP contribution in [0.5, 0.6) is 0 Å². The monoisotopic (exact) mass is 394 g/mol. The van der Waals surface area contributed by atoms with E-state index >= 15 is 0 Å². The highest BCUT2D eigenvalue weighted by molar-refractivity contribution is 6.11. The lowest BCUT2D eigenvalue weighted by atomic mass is 9.69. The lowest BCUT2D eigenvalue weighted by molar-refractivity contribution is -0.114. The summed E-state index contributed by atoms with van der Waals surface area (Å²) in [6.07, 6.45) is 5.91. The van der Waals surface area contributed by atoms with Crippen molar-refractivity contribution < 1.29 is 14.3 Å². The molecule has 1 aliphatic carbocycles. The Balaban J connectivity index is 1.86. The number of allylic oxidation sites excluding steroid dienone is 2. The van der Waals surface area contributed by atoms with Gasteiger partial charge in [-0.05, 0) is 42.7 Å². The zero-order valence-corrected chi connectivity index (χ0v) is 18.9. The van der Waals surface area contributed by atoms with Gasteiger partial charge >= 0.3 is 0 Å². The molecule has 1 aromatic rings. The molecule has 0 N–H and O–H groups in total. The van der Waals surface area contributed by atoms with Gasteiger partial charge in [-0.2, -0.15) is 0 Å². The summed E-state index contributed by atoms with van der Waals surface area (Å²) in [5.41, 5.74) is 2.41. The van der Waals surface area contributed by atoms with Crippen LogP contribution in [0, 0.1) is 17.8 Å². The molecule has 1 heterocycles. The number of hydrogen-bond acceptors (Lipinski definition) is 3. The van der Waals surface area contributed by atoms with Gasteiger partial charge in [0.1, 0.15) is 5.60 Å². The predicted octanol–water partition coefficient (Wildman–Crippen LogP) is 6.01. The summed E-state index contributed by atoms with van der Waals surface area (Å²) < 4.78 is 6.48. The molecule has 1 aromatic carbocycles. The Morgan fingerprint density at radius 1 is 1.00 bits per heavy atom. The van der Waals surface area contributed by atoms with E-state index in [-0.39, 0.29) is 28.5 Å². The number of Topliss-reactive ketones (excluding diaryl/α,β-unsaturated/α-hetero) is 2. The standard InChI is InChI=1S/C26H34O3/c1-17-8-10-18(11-9-17)22(27)14-19-12-13-26(29-19)15-20(24(2,3)4)23(28)21(16-26)25(5,6)7/h8-11,15-16,19H,12-14H2,1-7H3/t19-/m0/s1. The van der Waals surface area contributed by atoms with Crippen molar-refractivity contribution in [3.05, 3.63) is 58.7 Å². The van der Waals surface area contributed by atoms with Crippen LogP contribution in [0.4, 0.5) is 0 Å². The van der Waals surface area contributed by atoms with Crippen molar-refractivity contribution in [2.24, 2.45) is 10.8 Å². The van der Waals surface area contributed by atoms with Gasteiger partial charge in [-0.25, -0.2) is 0 Å². The number of ether oxygens (including phenoxy) is 1. The van der Waals surface area contributed by atoms with Crippen molar-refractivity contribution in [1.82, 2.24) is 0 Å². The maximum absolute atomic E-state index is 13.2. The maximum Gasteiger partial charge on any atom is 0.185 e. The van der Waals surface area contributed by atoms with Crippen molar-refractivity contribution in [2.45, 2.75) is 79.4 Å². The van der Waals surface area contributed by atoms with E-state index in [2.05, 4.69) is 41.5 Å². The number of ketones is 2. The number of carbonyl (C=O) groups excluding carboxylic acids is 2. The van der Waals surface area contributed by atoms with E-state index in [0.717, 1.165) is 35.1 Å². The number of hydrogen-bond donors (Lipinski definition) is 0. The fraction of sp³-hybridized carbons (Fsp3) is 0.538. The van der Waals surface area contributed by atoms with E-state index in [1.165, 1.54) is 0 Å². The van der Waals surface area contributed by atoms with Crippen molar-refractivity contribution in [3.63, 3.8) is 0 Å². The van der Waals surface area contributed by atoms with Crippen LogP contribution in [0.2, 0.25) is 0 Å². The zero-order chi connectivity index (χ0) is 21.6. The van der Waals surface area contributed by atoms with Gasteiger partial charge in [0.15, 0.2) is 11.6 Å². The molecule has 0 bridgehead atoms. The van der Waals surface area contributed by atoms with Crippen LogP contribution in [-0.2, 0) is 9.53 Å². The lowest BCUT2D eigenvalue weighted by Crippen LogP contribution is -2.37. The molecule has 1 spiro atoms. The Bertz CT molecular complexity index is 836.